The van der Waals surface area contributed by atoms with Crippen LogP contribution in [0.3, 0.4) is 0 Å². The summed E-state index contributed by atoms with van der Waals surface area (Å²) in [6.07, 6.45) is 8.32. The van der Waals surface area contributed by atoms with Crippen molar-refractivity contribution in [3.63, 3.8) is 0 Å². The summed E-state index contributed by atoms with van der Waals surface area (Å²) in [7, 11) is 0. The van der Waals surface area contributed by atoms with E-state index in [-0.39, 0.29) is 5.41 Å². The third kappa shape index (κ3) is 5.96. The molecule has 2 unspecified atom stereocenters. The highest BCUT2D eigenvalue weighted by molar-refractivity contribution is 5.81. The highest BCUT2D eigenvalue weighted by Crippen LogP contribution is 2.49. The van der Waals surface area contributed by atoms with Crippen LogP contribution in [0.15, 0.2) is 41.4 Å². The number of hydrogen-bond donors (Lipinski definition) is 1. The highest BCUT2D eigenvalue weighted by atomic mass is 14.9. The summed E-state index contributed by atoms with van der Waals surface area (Å²) in [5.74, 6) is 0.653. The molecule has 0 radical (unpaired) electrons. The molecule has 1 aliphatic carbocycles. The van der Waals surface area contributed by atoms with Crippen LogP contribution in [0.4, 0.5) is 5.69 Å². The first-order valence-corrected chi connectivity index (χ1v) is 10.4. The molecule has 0 aromatic heterocycles. The van der Waals surface area contributed by atoms with Gasteiger partial charge < -0.3 is 5.32 Å². The van der Waals surface area contributed by atoms with Crippen molar-refractivity contribution in [2.24, 2.45) is 16.3 Å². The molecule has 3 nitrogen and oxygen atoms in total. The summed E-state index contributed by atoms with van der Waals surface area (Å²) >= 11 is 0. The summed E-state index contributed by atoms with van der Waals surface area (Å²) in [4.78, 5) is 4.79. The van der Waals surface area contributed by atoms with Crippen LogP contribution in [0.2, 0.25) is 0 Å². The van der Waals surface area contributed by atoms with E-state index in [0.29, 0.717) is 11.5 Å². The molecule has 1 aromatic carbocycles. The second-order valence-electron chi connectivity index (χ2n) is 8.12. The van der Waals surface area contributed by atoms with Crippen LogP contribution in [-0.4, -0.2) is 18.8 Å². The summed E-state index contributed by atoms with van der Waals surface area (Å²) in [5.41, 5.74) is 4.58. The predicted octanol–water partition coefficient (Wildman–Crippen LogP) is 6.37. The maximum Gasteiger partial charge on any atom is 0.0992 e. The Labute approximate surface area is 165 Å². The molecule has 0 bridgehead atoms. The quantitative estimate of drug-likeness (QED) is 0.386. The normalized spacial score (nSPS) is 22.4. The van der Waals surface area contributed by atoms with Gasteiger partial charge in [0.1, 0.15) is 0 Å². The zero-order valence-corrected chi connectivity index (χ0v) is 17.4. The molecule has 1 aromatic rings. The van der Waals surface area contributed by atoms with Crippen LogP contribution in [0.25, 0.3) is 0 Å². The van der Waals surface area contributed by atoms with Crippen molar-refractivity contribution in [3.05, 3.63) is 42.0 Å². The van der Waals surface area contributed by atoms with E-state index in [2.05, 4.69) is 38.7 Å². The Bertz CT molecular complexity index is 698. The fourth-order valence-electron chi connectivity index (χ4n) is 4.41. The fourth-order valence-corrected chi connectivity index (χ4v) is 4.41. The van der Waals surface area contributed by atoms with Gasteiger partial charge in [0.05, 0.1) is 18.2 Å². The van der Waals surface area contributed by atoms with Crippen molar-refractivity contribution in [1.82, 2.24) is 0 Å². The lowest BCUT2D eigenvalue weighted by molar-refractivity contribution is 0.317. The van der Waals surface area contributed by atoms with Gasteiger partial charge in [0, 0.05) is 17.9 Å². The molecule has 0 aliphatic heterocycles. The average molecular weight is 366 g/mol. The summed E-state index contributed by atoms with van der Waals surface area (Å²) in [6, 6.07) is 9.96. The number of benzene rings is 1. The van der Waals surface area contributed by atoms with E-state index in [4.69, 9.17) is 10.3 Å². The largest absolute Gasteiger partial charge is 0.385 e. The molecular formula is C24H35N3. The molecule has 146 valence electrons. The van der Waals surface area contributed by atoms with E-state index in [0.717, 1.165) is 31.6 Å². The van der Waals surface area contributed by atoms with Crippen molar-refractivity contribution in [2.45, 2.75) is 65.7 Å². The Morgan fingerprint density at radius 2 is 2.19 bits per heavy atom. The second kappa shape index (κ2) is 10.3. The molecule has 27 heavy (non-hydrogen) atoms. The van der Waals surface area contributed by atoms with Gasteiger partial charge in [0.2, 0.25) is 0 Å². The maximum atomic E-state index is 9.06. The zero-order chi connectivity index (χ0) is 19.7. The first-order chi connectivity index (χ1) is 13.0. The molecule has 1 fully saturated rings. The van der Waals surface area contributed by atoms with Crippen molar-refractivity contribution < 1.29 is 0 Å². The van der Waals surface area contributed by atoms with Crippen molar-refractivity contribution >= 4 is 11.4 Å². The minimum atomic E-state index is 0.256. The number of nitrogens with one attached hydrogen (secondary N) is 1. The van der Waals surface area contributed by atoms with Gasteiger partial charge in [-0.15, -0.1) is 0 Å². The van der Waals surface area contributed by atoms with Gasteiger partial charge >= 0.3 is 0 Å². The summed E-state index contributed by atoms with van der Waals surface area (Å²) in [6.45, 7) is 12.8. The second-order valence-corrected chi connectivity index (χ2v) is 8.12. The van der Waals surface area contributed by atoms with Gasteiger partial charge in [-0.05, 0) is 74.1 Å². The topological polar surface area (TPSA) is 48.2 Å². The maximum absolute atomic E-state index is 9.06. The number of aliphatic imine (C=N–C) groups is 1. The Kier molecular flexibility index (Phi) is 8.10. The van der Waals surface area contributed by atoms with Gasteiger partial charge in [0.15, 0.2) is 0 Å². The van der Waals surface area contributed by atoms with Gasteiger partial charge in [-0.3, -0.25) is 4.99 Å². The van der Waals surface area contributed by atoms with Gasteiger partial charge in [-0.2, -0.15) is 5.26 Å². The van der Waals surface area contributed by atoms with E-state index in [1.807, 2.05) is 24.3 Å². The molecule has 2 rings (SSSR count). The average Bonchev–Trinajstić information content (AvgIpc) is 3.09. The lowest BCUT2D eigenvalue weighted by Gasteiger charge is -2.31. The van der Waals surface area contributed by atoms with Crippen molar-refractivity contribution in [3.8, 4) is 6.07 Å². The van der Waals surface area contributed by atoms with Crippen LogP contribution in [0.1, 0.15) is 71.3 Å². The first kappa shape index (κ1) is 21.2. The van der Waals surface area contributed by atoms with E-state index in [1.165, 1.54) is 43.4 Å². The summed E-state index contributed by atoms with van der Waals surface area (Å²) < 4.78 is 0. The number of anilines is 1. The molecule has 0 heterocycles. The number of rotatable bonds is 10. The smallest absolute Gasteiger partial charge is 0.0992 e. The Morgan fingerprint density at radius 3 is 2.89 bits per heavy atom. The molecule has 2 atom stereocenters. The monoisotopic (exact) mass is 365 g/mol. The van der Waals surface area contributed by atoms with Crippen LogP contribution in [-0.2, 0) is 0 Å². The lowest BCUT2D eigenvalue weighted by atomic mass is 9.75. The minimum Gasteiger partial charge on any atom is -0.385 e. The number of hydrogen-bond acceptors (Lipinski definition) is 3. The van der Waals surface area contributed by atoms with E-state index < -0.39 is 0 Å². The fraction of sp³-hybridized carbons (Fsp3) is 0.583. The van der Waals surface area contributed by atoms with Crippen molar-refractivity contribution in [1.29, 1.82) is 5.26 Å². The van der Waals surface area contributed by atoms with Crippen LogP contribution < -0.4 is 5.32 Å². The van der Waals surface area contributed by atoms with E-state index in [9.17, 15) is 0 Å². The van der Waals surface area contributed by atoms with E-state index >= 15 is 0 Å². The molecule has 1 N–H and O–H groups in total. The Morgan fingerprint density at radius 1 is 1.37 bits per heavy atom. The van der Waals surface area contributed by atoms with Gasteiger partial charge in [0.25, 0.3) is 0 Å². The molecule has 1 saturated carbocycles. The Balaban J connectivity index is 1.96. The molecule has 3 heteroatoms. The first-order valence-electron chi connectivity index (χ1n) is 10.4. The number of nitriles is 1. The highest BCUT2D eigenvalue weighted by Gasteiger charge is 2.40. The molecule has 1 aliphatic rings. The van der Waals surface area contributed by atoms with Crippen LogP contribution in [0, 0.1) is 22.7 Å². The lowest BCUT2D eigenvalue weighted by Crippen LogP contribution is -2.23. The van der Waals surface area contributed by atoms with Gasteiger partial charge in [-0.25, -0.2) is 0 Å². The molecule has 0 spiro atoms. The standard InChI is InChI=1S/C24H35N3/c1-5-8-20(4)26-17-19(3)24(12-6-2)13-11-22(15-24)18-27-23-10-7-9-21(14-23)16-25/h7,9-10,14,22,27H,3,5-6,8,11-13,15,17-18H2,1-2,4H3. The Hall–Kier alpha value is -2.08. The molecule has 0 amide bonds. The zero-order valence-electron chi connectivity index (χ0n) is 17.4. The SMILES string of the molecule is C=C(CN=C(C)CCC)C1(CCC)CCC(CNc2cccc(C#N)c2)C1. The predicted molar refractivity (Wildman–Crippen MR) is 116 cm³/mol. The number of nitrogens with zero attached hydrogens (tertiary/aromatic N) is 2. The summed E-state index contributed by atoms with van der Waals surface area (Å²) in [5, 5.41) is 12.6. The van der Waals surface area contributed by atoms with Crippen LogP contribution >= 0.6 is 0 Å². The molecular weight excluding hydrogens is 330 g/mol. The van der Waals surface area contributed by atoms with Crippen LogP contribution in [0.5, 0.6) is 0 Å². The third-order valence-electron chi connectivity index (χ3n) is 5.93. The van der Waals surface area contributed by atoms with Gasteiger partial charge in [-0.1, -0.05) is 39.3 Å². The third-order valence-corrected chi connectivity index (χ3v) is 5.93. The van der Waals surface area contributed by atoms with Crippen molar-refractivity contribution in [2.75, 3.05) is 18.4 Å². The van der Waals surface area contributed by atoms with E-state index in [1.54, 1.807) is 0 Å². The minimum absolute atomic E-state index is 0.256. The molecule has 0 saturated heterocycles.